The number of sulfonamides is 1. The largest absolute Gasteiger partial charge is 0.322 e. The van der Waals surface area contributed by atoms with Crippen LogP contribution in [0.2, 0.25) is 0 Å². The van der Waals surface area contributed by atoms with E-state index in [1.54, 1.807) is 13.0 Å². The van der Waals surface area contributed by atoms with Crippen molar-refractivity contribution in [2.45, 2.75) is 38.1 Å². The second-order valence-corrected chi connectivity index (χ2v) is 11.0. The lowest BCUT2D eigenvalue weighted by Gasteiger charge is -2.29. The van der Waals surface area contributed by atoms with Gasteiger partial charge in [-0.3, -0.25) is 14.2 Å². The van der Waals surface area contributed by atoms with Gasteiger partial charge in [-0.25, -0.2) is 17.8 Å². The lowest BCUT2D eigenvalue weighted by molar-refractivity contribution is -0.116. The summed E-state index contributed by atoms with van der Waals surface area (Å²) in [4.78, 5) is 30.6. The SMILES string of the molecule is Cc1sc2ncn(CC(=O)Nc3ccccc3F)c(=O)c2c1S(=O)(=O)N1CCC(C)CC1. The number of nitrogens with zero attached hydrogens (tertiary/aromatic N) is 3. The van der Waals surface area contributed by atoms with Crippen molar-refractivity contribution in [1.29, 1.82) is 0 Å². The standard InChI is InChI=1S/C21H23FN4O4S2/c1-13-7-9-26(10-8-13)32(29,30)19-14(2)31-20-18(19)21(28)25(12-23-20)11-17(27)24-16-6-4-3-5-15(16)22/h3-6,12-13H,7-11H2,1-2H3,(H,24,27). The van der Waals surface area contributed by atoms with Crippen molar-refractivity contribution < 1.29 is 17.6 Å². The van der Waals surface area contributed by atoms with Crippen molar-refractivity contribution in [2.75, 3.05) is 18.4 Å². The summed E-state index contributed by atoms with van der Waals surface area (Å²) < 4.78 is 43.0. The first kappa shape index (κ1) is 22.6. The highest BCUT2D eigenvalue weighted by atomic mass is 32.2. The Bertz CT molecular complexity index is 1340. The molecule has 170 valence electrons. The van der Waals surface area contributed by atoms with E-state index in [1.807, 2.05) is 0 Å². The molecule has 0 unspecified atom stereocenters. The molecule has 1 fully saturated rings. The Labute approximate surface area is 188 Å². The highest BCUT2D eigenvalue weighted by molar-refractivity contribution is 7.89. The second-order valence-electron chi connectivity index (χ2n) is 7.96. The third-order valence-corrected chi connectivity index (χ3v) is 8.82. The van der Waals surface area contributed by atoms with E-state index in [0.717, 1.165) is 28.7 Å². The van der Waals surface area contributed by atoms with Crippen molar-refractivity contribution in [1.82, 2.24) is 13.9 Å². The zero-order valence-corrected chi connectivity index (χ0v) is 19.3. The fraction of sp³-hybridized carbons (Fsp3) is 0.381. The predicted octanol–water partition coefficient (Wildman–Crippen LogP) is 2.96. The number of fused-ring (bicyclic) bond motifs is 1. The number of nitrogens with one attached hydrogen (secondary N) is 1. The third kappa shape index (κ3) is 4.19. The summed E-state index contributed by atoms with van der Waals surface area (Å²) in [7, 11) is -3.88. The number of carbonyl (C=O) groups is 1. The summed E-state index contributed by atoms with van der Waals surface area (Å²) in [6.07, 6.45) is 2.73. The van der Waals surface area contributed by atoms with Crippen LogP contribution in [0.1, 0.15) is 24.6 Å². The Morgan fingerprint density at radius 2 is 1.97 bits per heavy atom. The zero-order valence-electron chi connectivity index (χ0n) is 17.7. The van der Waals surface area contributed by atoms with E-state index in [2.05, 4.69) is 17.2 Å². The van der Waals surface area contributed by atoms with Gasteiger partial charge in [0.15, 0.2) is 0 Å². The van der Waals surface area contributed by atoms with Crippen LogP contribution in [0.4, 0.5) is 10.1 Å². The molecule has 0 radical (unpaired) electrons. The molecule has 1 aliphatic heterocycles. The molecule has 0 spiro atoms. The van der Waals surface area contributed by atoms with Crippen molar-refractivity contribution in [3.8, 4) is 0 Å². The van der Waals surface area contributed by atoms with Gasteiger partial charge in [-0.1, -0.05) is 19.1 Å². The molecule has 3 aromatic rings. The Morgan fingerprint density at radius 3 is 2.66 bits per heavy atom. The summed E-state index contributed by atoms with van der Waals surface area (Å²) in [5, 5.41) is 2.41. The Hall–Kier alpha value is -2.63. The van der Waals surface area contributed by atoms with Crippen molar-refractivity contribution >= 4 is 43.2 Å². The molecule has 0 atom stereocenters. The smallest absolute Gasteiger partial charge is 0.263 e. The van der Waals surface area contributed by atoms with Crippen LogP contribution in [0, 0.1) is 18.7 Å². The molecule has 0 aliphatic carbocycles. The van der Waals surface area contributed by atoms with E-state index in [-0.39, 0.29) is 16.0 Å². The first-order valence-corrected chi connectivity index (χ1v) is 12.5. The monoisotopic (exact) mass is 478 g/mol. The number of aryl methyl sites for hydroxylation is 1. The minimum Gasteiger partial charge on any atom is -0.322 e. The van der Waals surface area contributed by atoms with Gasteiger partial charge in [0.05, 0.1) is 17.4 Å². The van der Waals surface area contributed by atoms with E-state index >= 15 is 0 Å². The number of thiophene rings is 1. The molecule has 4 rings (SSSR count). The molecular formula is C21H23FN4O4S2. The number of carbonyl (C=O) groups excluding carboxylic acids is 1. The quantitative estimate of drug-likeness (QED) is 0.608. The van der Waals surface area contributed by atoms with Crippen LogP contribution < -0.4 is 10.9 Å². The number of para-hydroxylation sites is 1. The summed E-state index contributed by atoms with van der Waals surface area (Å²) in [6.45, 7) is 4.12. The molecule has 2 aromatic heterocycles. The molecule has 3 heterocycles. The van der Waals surface area contributed by atoms with E-state index in [9.17, 15) is 22.4 Å². The van der Waals surface area contributed by atoms with Gasteiger partial charge in [-0.05, 0) is 37.8 Å². The number of rotatable bonds is 5. The van der Waals surface area contributed by atoms with E-state index in [0.29, 0.717) is 28.7 Å². The van der Waals surface area contributed by atoms with Gasteiger partial charge >= 0.3 is 0 Å². The van der Waals surface area contributed by atoms with Crippen LogP contribution in [-0.2, 0) is 21.4 Å². The number of benzene rings is 1. The fourth-order valence-corrected chi connectivity index (χ4v) is 6.93. The average Bonchev–Trinajstić information content (AvgIpc) is 3.10. The topological polar surface area (TPSA) is 101 Å². The van der Waals surface area contributed by atoms with E-state index in [4.69, 9.17) is 0 Å². The molecular weight excluding hydrogens is 455 g/mol. The maximum Gasteiger partial charge on any atom is 0.263 e. The van der Waals surface area contributed by atoms with Crippen LogP contribution in [0.15, 0.2) is 40.3 Å². The summed E-state index contributed by atoms with van der Waals surface area (Å²) in [6, 6.07) is 5.69. The van der Waals surface area contributed by atoms with Crippen LogP contribution in [0.5, 0.6) is 0 Å². The summed E-state index contributed by atoms with van der Waals surface area (Å²) >= 11 is 1.14. The van der Waals surface area contributed by atoms with Crippen molar-refractivity contribution in [2.24, 2.45) is 5.92 Å². The molecule has 0 saturated carbocycles. The number of hydrogen-bond donors (Lipinski definition) is 1. The zero-order chi connectivity index (χ0) is 23.0. The second kappa shape index (κ2) is 8.72. The van der Waals surface area contributed by atoms with E-state index < -0.39 is 33.9 Å². The predicted molar refractivity (Wildman–Crippen MR) is 121 cm³/mol. The first-order chi connectivity index (χ1) is 15.2. The minimum atomic E-state index is -3.88. The minimum absolute atomic E-state index is 0.00597. The maximum absolute atomic E-state index is 13.8. The maximum atomic E-state index is 13.8. The lowest BCUT2D eigenvalue weighted by atomic mass is 10.0. The van der Waals surface area contributed by atoms with Gasteiger partial charge in [0.2, 0.25) is 15.9 Å². The lowest BCUT2D eigenvalue weighted by Crippen LogP contribution is -2.38. The van der Waals surface area contributed by atoms with Gasteiger partial charge in [0, 0.05) is 18.0 Å². The van der Waals surface area contributed by atoms with E-state index in [1.165, 1.54) is 28.8 Å². The Morgan fingerprint density at radius 1 is 1.28 bits per heavy atom. The van der Waals surface area contributed by atoms with Crippen LogP contribution in [0.3, 0.4) is 0 Å². The van der Waals surface area contributed by atoms with Gasteiger partial charge in [-0.15, -0.1) is 11.3 Å². The summed E-state index contributed by atoms with van der Waals surface area (Å²) in [5.41, 5.74) is -0.624. The first-order valence-electron chi connectivity index (χ1n) is 10.2. The molecule has 0 bridgehead atoms. The fourth-order valence-electron chi connectivity index (χ4n) is 3.80. The number of halogens is 1. The highest BCUT2D eigenvalue weighted by Gasteiger charge is 2.33. The number of aromatic nitrogens is 2. The number of hydrogen-bond acceptors (Lipinski definition) is 6. The molecule has 1 saturated heterocycles. The van der Waals surface area contributed by atoms with Crippen molar-refractivity contribution in [3.63, 3.8) is 0 Å². The van der Waals surface area contributed by atoms with Crippen LogP contribution in [-0.4, -0.2) is 41.3 Å². The normalized spacial score (nSPS) is 15.8. The molecule has 1 N–H and O–H groups in total. The van der Waals surface area contributed by atoms with Gasteiger partial charge in [0.25, 0.3) is 5.56 Å². The van der Waals surface area contributed by atoms with Gasteiger partial charge in [-0.2, -0.15) is 4.31 Å². The van der Waals surface area contributed by atoms with Crippen LogP contribution in [0.25, 0.3) is 10.2 Å². The van der Waals surface area contributed by atoms with Crippen LogP contribution >= 0.6 is 11.3 Å². The van der Waals surface area contributed by atoms with Gasteiger partial charge in [0.1, 0.15) is 22.1 Å². The average molecular weight is 479 g/mol. The molecule has 1 aromatic carbocycles. The molecule has 1 amide bonds. The summed E-state index contributed by atoms with van der Waals surface area (Å²) in [5.74, 6) is -0.771. The Kier molecular flexibility index (Phi) is 6.15. The third-order valence-electron chi connectivity index (χ3n) is 5.60. The number of amides is 1. The molecule has 11 heteroatoms. The van der Waals surface area contributed by atoms with Gasteiger partial charge < -0.3 is 5.32 Å². The molecule has 32 heavy (non-hydrogen) atoms. The van der Waals surface area contributed by atoms with Crippen molar-refractivity contribution in [3.05, 3.63) is 51.6 Å². The number of anilines is 1. The number of piperidine rings is 1. The highest BCUT2D eigenvalue weighted by Crippen LogP contribution is 2.34. The molecule has 1 aliphatic rings. The molecule has 8 nitrogen and oxygen atoms in total. The Balaban J connectivity index is 1.69.